The number of aromatic nitrogens is 5. The lowest BCUT2D eigenvalue weighted by Gasteiger charge is -2.34. The normalized spacial score (nSPS) is 14.4. The summed E-state index contributed by atoms with van der Waals surface area (Å²) in [5.41, 5.74) is 2.62. The number of benzene rings is 1. The van der Waals surface area contributed by atoms with E-state index in [0.717, 1.165) is 41.7 Å². The number of carbonyl (C=O) groups is 1. The number of rotatable bonds is 3. The monoisotopic (exact) mass is 366 g/mol. The molecule has 3 heterocycles. The summed E-state index contributed by atoms with van der Waals surface area (Å²) in [7, 11) is 0. The van der Waals surface area contributed by atoms with Gasteiger partial charge < -0.3 is 15.1 Å². The molecule has 1 saturated heterocycles. The topological polar surface area (TPSA) is 106 Å². The van der Waals surface area contributed by atoms with Gasteiger partial charge in [0.25, 0.3) is 0 Å². The lowest BCUT2D eigenvalue weighted by Crippen LogP contribution is -2.50. The van der Waals surface area contributed by atoms with E-state index in [2.05, 4.69) is 35.6 Å². The molecule has 0 unspecified atom stereocenters. The molecule has 1 fully saturated rings. The van der Waals surface area contributed by atoms with Crippen LogP contribution in [0.5, 0.6) is 0 Å². The van der Waals surface area contributed by atoms with Crippen LogP contribution in [0.25, 0.3) is 11.4 Å². The fourth-order valence-electron chi connectivity index (χ4n) is 3.11. The quantitative estimate of drug-likeness (QED) is 0.659. The third-order valence-corrected chi connectivity index (χ3v) is 4.55. The number of aryl methyl sites for hydroxylation is 2. The molecule has 27 heavy (non-hydrogen) atoms. The lowest BCUT2D eigenvalue weighted by atomic mass is 10.2. The minimum Gasteiger partial charge on any atom is -0.352 e. The zero-order valence-corrected chi connectivity index (χ0v) is 15.4. The zero-order chi connectivity index (χ0) is 18.8. The van der Waals surface area contributed by atoms with Crippen molar-refractivity contribution >= 4 is 17.5 Å². The third kappa shape index (κ3) is 3.76. The molecule has 2 aromatic heterocycles. The first kappa shape index (κ1) is 17.1. The van der Waals surface area contributed by atoms with E-state index in [0.29, 0.717) is 18.9 Å². The van der Waals surface area contributed by atoms with Crippen LogP contribution in [-0.4, -0.2) is 62.5 Å². The Morgan fingerprint density at radius 2 is 1.89 bits per heavy atom. The van der Waals surface area contributed by atoms with E-state index in [1.807, 2.05) is 49.1 Å². The Hall–Kier alpha value is -3.36. The van der Waals surface area contributed by atoms with Crippen molar-refractivity contribution in [1.29, 1.82) is 0 Å². The Kier molecular flexibility index (Phi) is 4.49. The SMILES string of the molecule is Cc1cc(N2CCN(C(=O)Nc3cccc(-c4n[nH]c(C)n4)c3)CC2)n[nH]1. The number of amides is 2. The predicted octanol–water partition coefficient (Wildman–Crippen LogP) is 2.17. The van der Waals surface area contributed by atoms with E-state index in [1.165, 1.54) is 0 Å². The molecule has 140 valence electrons. The standard InChI is InChI=1S/C18H22N8O/c1-12-10-16(23-21-12)25-6-8-26(9-7-25)18(27)20-15-5-3-4-14(11-15)17-19-13(2)22-24-17/h3-5,10-11H,6-9H2,1-2H3,(H,20,27)(H,21,23)(H,19,22,24). The molecule has 0 spiro atoms. The van der Waals surface area contributed by atoms with Crippen molar-refractivity contribution < 1.29 is 4.79 Å². The van der Waals surface area contributed by atoms with Crippen LogP contribution in [0.2, 0.25) is 0 Å². The molecule has 2 amide bonds. The molecule has 1 aromatic carbocycles. The summed E-state index contributed by atoms with van der Waals surface area (Å²) in [6.45, 7) is 6.65. The molecular weight excluding hydrogens is 344 g/mol. The molecule has 0 aliphatic carbocycles. The summed E-state index contributed by atoms with van der Waals surface area (Å²) in [4.78, 5) is 20.9. The summed E-state index contributed by atoms with van der Waals surface area (Å²) >= 11 is 0. The molecule has 3 N–H and O–H groups in total. The maximum atomic E-state index is 12.6. The van der Waals surface area contributed by atoms with Gasteiger partial charge in [-0.15, -0.1) is 0 Å². The first-order valence-corrected chi connectivity index (χ1v) is 8.91. The number of hydrogen-bond acceptors (Lipinski definition) is 5. The first-order valence-electron chi connectivity index (χ1n) is 8.91. The van der Waals surface area contributed by atoms with Crippen molar-refractivity contribution in [2.24, 2.45) is 0 Å². The fraction of sp³-hybridized carbons (Fsp3) is 0.333. The number of H-pyrrole nitrogens is 2. The molecular formula is C18H22N8O. The molecule has 1 aliphatic rings. The number of nitrogens with one attached hydrogen (secondary N) is 3. The van der Waals surface area contributed by atoms with Gasteiger partial charge in [0.05, 0.1) is 0 Å². The van der Waals surface area contributed by atoms with Crippen molar-refractivity contribution in [2.75, 3.05) is 36.4 Å². The van der Waals surface area contributed by atoms with Crippen LogP contribution in [0, 0.1) is 13.8 Å². The minimum atomic E-state index is -0.101. The van der Waals surface area contributed by atoms with E-state index in [4.69, 9.17) is 0 Å². The average Bonchev–Trinajstić information content (AvgIpc) is 3.30. The molecule has 9 nitrogen and oxygen atoms in total. The van der Waals surface area contributed by atoms with E-state index < -0.39 is 0 Å². The molecule has 3 aromatic rings. The van der Waals surface area contributed by atoms with Gasteiger partial charge >= 0.3 is 6.03 Å². The van der Waals surface area contributed by atoms with Crippen molar-refractivity contribution in [3.63, 3.8) is 0 Å². The highest BCUT2D eigenvalue weighted by molar-refractivity contribution is 5.90. The largest absolute Gasteiger partial charge is 0.352 e. The minimum absolute atomic E-state index is 0.101. The van der Waals surface area contributed by atoms with Crippen molar-refractivity contribution in [2.45, 2.75) is 13.8 Å². The van der Waals surface area contributed by atoms with Crippen LogP contribution in [0.15, 0.2) is 30.3 Å². The average molecular weight is 366 g/mol. The van der Waals surface area contributed by atoms with Crippen LogP contribution in [0.1, 0.15) is 11.5 Å². The van der Waals surface area contributed by atoms with E-state index in [-0.39, 0.29) is 6.03 Å². The smallest absolute Gasteiger partial charge is 0.321 e. The summed E-state index contributed by atoms with van der Waals surface area (Å²) in [6, 6.07) is 9.47. The summed E-state index contributed by atoms with van der Waals surface area (Å²) < 4.78 is 0. The fourth-order valence-corrected chi connectivity index (χ4v) is 3.11. The van der Waals surface area contributed by atoms with Gasteiger partial charge in [-0.25, -0.2) is 9.78 Å². The van der Waals surface area contributed by atoms with E-state index in [1.54, 1.807) is 0 Å². The highest BCUT2D eigenvalue weighted by Gasteiger charge is 2.22. The number of aromatic amines is 2. The highest BCUT2D eigenvalue weighted by Crippen LogP contribution is 2.20. The highest BCUT2D eigenvalue weighted by atomic mass is 16.2. The third-order valence-electron chi connectivity index (χ3n) is 4.55. The number of piperazine rings is 1. The van der Waals surface area contributed by atoms with Crippen molar-refractivity contribution in [3.8, 4) is 11.4 Å². The van der Waals surface area contributed by atoms with Gasteiger partial charge in [-0.1, -0.05) is 12.1 Å². The van der Waals surface area contributed by atoms with Crippen molar-refractivity contribution in [1.82, 2.24) is 30.3 Å². The van der Waals surface area contributed by atoms with Crippen molar-refractivity contribution in [3.05, 3.63) is 41.9 Å². The molecule has 1 aliphatic heterocycles. The van der Waals surface area contributed by atoms with E-state index >= 15 is 0 Å². The number of anilines is 2. The Balaban J connectivity index is 1.37. The molecule has 0 saturated carbocycles. The zero-order valence-electron chi connectivity index (χ0n) is 15.4. The number of nitrogens with zero attached hydrogens (tertiary/aromatic N) is 5. The maximum Gasteiger partial charge on any atom is 0.321 e. The van der Waals surface area contributed by atoms with Gasteiger partial charge in [0, 0.05) is 49.2 Å². The Morgan fingerprint density at radius 3 is 2.56 bits per heavy atom. The van der Waals surface area contributed by atoms with Gasteiger partial charge in [-0.2, -0.15) is 10.2 Å². The molecule has 9 heteroatoms. The second-order valence-corrected chi connectivity index (χ2v) is 6.64. The summed E-state index contributed by atoms with van der Waals surface area (Å²) in [5, 5.41) is 17.2. The number of carbonyl (C=O) groups excluding carboxylic acids is 1. The summed E-state index contributed by atoms with van der Waals surface area (Å²) in [6.07, 6.45) is 0. The lowest BCUT2D eigenvalue weighted by molar-refractivity contribution is 0.208. The van der Waals surface area contributed by atoms with Gasteiger partial charge in [0.15, 0.2) is 11.6 Å². The van der Waals surface area contributed by atoms with Gasteiger partial charge in [0.1, 0.15) is 5.82 Å². The summed E-state index contributed by atoms with van der Waals surface area (Å²) in [5.74, 6) is 2.30. The maximum absolute atomic E-state index is 12.6. The Labute approximate surface area is 156 Å². The molecule has 0 radical (unpaired) electrons. The molecule has 0 bridgehead atoms. The van der Waals surface area contributed by atoms with Gasteiger partial charge in [-0.3, -0.25) is 10.2 Å². The Morgan fingerprint density at radius 1 is 1.07 bits per heavy atom. The first-order chi connectivity index (χ1) is 13.1. The van der Waals surface area contributed by atoms with Crippen LogP contribution in [0.4, 0.5) is 16.3 Å². The second-order valence-electron chi connectivity index (χ2n) is 6.64. The predicted molar refractivity (Wildman–Crippen MR) is 103 cm³/mol. The van der Waals surface area contributed by atoms with Crippen LogP contribution in [-0.2, 0) is 0 Å². The second kappa shape index (κ2) is 7.10. The molecule has 0 atom stereocenters. The van der Waals surface area contributed by atoms with Gasteiger partial charge in [-0.05, 0) is 26.0 Å². The Bertz CT molecular complexity index is 938. The van der Waals surface area contributed by atoms with E-state index in [9.17, 15) is 4.79 Å². The van der Waals surface area contributed by atoms with Crippen LogP contribution >= 0.6 is 0 Å². The van der Waals surface area contributed by atoms with Crippen LogP contribution in [0.3, 0.4) is 0 Å². The number of urea groups is 1. The number of hydrogen-bond donors (Lipinski definition) is 3. The molecule has 4 rings (SSSR count). The van der Waals surface area contributed by atoms with Gasteiger partial charge in [0.2, 0.25) is 0 Å². The van der Waals surface area contributed by atoms with Crippen LogP contribution < -0.4 is 10.2 Å².